The van der Waals surface area contributed by atoms with Gasteiger partial charge < -0.3 is 4.74 Å². The van der Waals surface area contributed by atoms with Gasteiger partial charge in [-0.05, 0) is 48.6 Å². The highest BCUT2D eigenvalue weighted by atomic mass is 127. The predicted octanol–water partition coefficient (Wildman–Crippen LogP) is 3.72. The largest absolute Gasteiger partial charge is 0.462 e. The Kier molecular flexibility index (Phi) is 4.09. The third-order valence-electron chi connectivity index (χ3n) is 3.07. The molecule has 2 aromatic rings. The first kappa shape index (κ1) is 15.3. The lowest BCUT2D eigenvalue weighted by atomic mass is 9.93. The number of ether oxygens (including phenoxy) is 1. The molecule has 0 bridgehead atoms. The SMILES string of the molecule is CCOC(=O)c1cc(C)n2c(I)c(C(C)(C)C)nc2c1. The Morgan fingerprint density at radius 1 is 1.40 bits per heavy atom. The number of aromatic nitrogens is 2. The molecule has 0 radical (unpaired) electrons. The molecule has 0 amide bonds. The number of carbonyl (C=O) groups is 1. The van der Waals surface area contributed by atoms with Crippen molar-refractivity contribution in [2.24, 2.45) is 0 Å². The standard InChI is InChI=1S/C15H19IN2O2/c1-6-20-14(19)10-7-9(2)18-11(8-10)17-12(13(18)16)15(3,4)5/h7-8H,6H2,1-5H3. The molecule has 2 aromatic heterocycles. The third-order valence-corrected chi connectivity index (χ3v) is 4.06. The van der Waals surface area contributed by atoms with E-state index < -0.39 is 0 Å². The van der Waals surface area contributed by atoms with Gasteiger partial charge in [-0.15, -0.1) is 0 Å². The smallest absolute Gasteiger partial charge is 0.338 e. The predicted molar refractivity (Wildman–Crippen MR) is 87.3 cm³/mol. The summed E-state index contributed by atoms with van der Waals surface area (Å²) in [7, 11) is 0. The van der Waals surface area contributed by atoms with Gasteiger partial charge in [-0.3, -0.25) is 4.40 Å². The van der Waals surface area contributed by atoms with Crippen LogP contribution in [0.5, 0.6) is 0 Å². The van der Waals surface area contributed by atoms with Gasteiger partial charge >= 0.3 is 5.97 Å². The summed E-state index contributed by atoms with van der Waals surface area (Å²) in [6, 6.07) is 3.64. The molecule has 0 atom stereocenters. The van der Waals surface area contributed by atoms with Crippen molar-refractivity contribution in [3.63, 3.8) is 0 Å². The number of nitrogens with zero attached hydrogens (tertiary/aromatic N) is 2. The van der Waals surface area contributed by atoms with Crippen LogP contribution in [-0.2, 0) is 10.2 Å². The van der Waals surface area contributed by atoms with Crippen LogP contribution in [0.1, 0.15) is 49.4 Å². The number of carbonyl (C=O) groups excluding carboxylic acids is 1. The zero-order chi connectivity index (χ0) is 15.1. The molecule has 0 aliphatic rings. The summed E-state index contributed by atoms with van der Waals surface area (Å²) in [6.07, 6.45) is 0. The number of pyridine rings is 1. The van der Waals surface area contributed by atoms with E-state index >= 15 is 0 Å². The number of halogens is 1. The number of rotatable bonds is 2. The fourth-order valence-corrected chi connectivity index (χ4v) is 3.69. The van der Waals surface area contributed by atoms with Gasteiger partial charge in [0.25, 0.3) is 0 Å². The van der Waals surface area contributed by atoms with Crippen molar-refractivity contribution in [1.82, 2.24) is 9.38 Å². The number of imidazole rings is 1. The van der Waals surface area contributed by atoms with E-state index in [1.165, 1.54) is 0 Å². The highest BCUT2D eigenvalue weighted by Gasteiger charge is 2.24. The molecule has 20 heavy (non-hydrogen) atoms. The van der Waals surface area contributed by atoms with E-state index in [9.17, 15) is 4.79 Å². The molecular weight excluding hydrogens is 367 g/mol. The summed E-state index contributed by atoms with van der Waals surface area (Å²) in [5.74, 6) is -0.298. The normalized spacial score (nSPS) is 11.9. The molecule has 0 unspecified atom stereocenters. The Labute approximate surface area is 132 Å². The molecule has 0 aromatic carbocycles. The Balaban J connectivity index is 2.64. The maximum absolute atomic E-state index is 11.9. The number of fused-ring (bicyclic) bond motifs is 1. The van der Waals surface area contributed by atoms with Gasteiger partial charge in [-0.2, -0.15) is 0 Å². The lowest BCUT2D eigenvalue weighted by Gasteiger charge is -2.15. The zero-order valence-corrected chi connectivity index (χ0v) is 14.6. The Hall–Kier alpha value is -1.11. The minimum atomic E-state index is -0.298. The number of aryl methyl sites for hydroxylation is 1. The monoisotopic (exact) mass is 386 g/mol. The maximum Gasteiger partial charge on any atom is 0.338 e. The maximum atomic E-state index is 11.9. The van der Waals surface area contributed by atoms with Crippen LogP contribution in [0.3, 0.4) is 0 Å². The average molecular weight is 386 g/mol. The summed E-state index contributed by atoms with van der Waals surface area (Å²) in [5.41, 5.74) is 3.35. The molecule has 108 valence electrons. The van der Waals surface area contributed by atoms with Gasteiger partial charge in [0.2, 0.25) is 0 Å². The highest BCUT2D eigenvalue weighted by molar-refractivity contribution is 14.1. The van der Waals surface area contributed by atoms with Crippen LogP contribution in [-0.4, -0.2) is 22.0 Å². The van der Waals surface area contributed by atoms with Gasteiger partial charge in [-0.1, -0.05) is 20.8 Å². The summed E-state index contributed by atoms with van der Waals surface area (Å²) >= 11 is 2.31. The topological polar surface area (TPSA) is 43.6 Å². The van der Waals surface area contributed by atoms with E-state index in [0.717, 1.165) is 20.7 Å². The molecule has 2 heterocycles. The summed E-state index contributed by atoms with van der Waals surface area (Å²) in [6.45, 7) is 10.6. The molecule has 0 fully saturated rings. The van der Waals surface area contributed by atoms with Crippen molar-refractivity contribution in [3.8, 4) is 0 Å². The van der Waals surface area contributed by atoms with Gasteiger partial charge in [0, 0.05) is 11.1 Å². The van der Waals surface area contributed by atoms with Crippen LogP contribution in [0.25, 0.3) is 5.65 Å². The molecular formula is C15H19IN2O2. The molecule has 0 spiro atoms. The molecule has 0 saturated heterocycles. The Bertz CT molecular complexity index is 669. The molecule has 4 nitrogen and oxygen atoms in total. The van der Waals surface area contributed by atoms with Crippen LogP contribution >= 0.6 is 22.6 Å². The minimum Gasteiger partial charge on any atom is -0.462 e. The van der Waals surface area contributed by atoms with Gasteiger partial charge in [0.1, 0.15) is 9.35 Å². The average Bonchev–Trinajstić information content (AvgIpc) is 2.67. The van der Waals surface area contributed by atoms with Crippen molar-refractivity contribution in [2.45, 2.75) is 40.0 Å². The van der Waals surface area contributed by atoms with E-state index in [-0.39, 0.29) is 11.4 Å². The number of hydrogen-bond acceptors (Lipinski definition) is 3. The molecule has 0 aliphatic carbocycles. The van der Waals surface area contributed by atoms with Crippen LogP contribution in [0, 0.1) is 10.6 Å². The highest BCUT2D eigenvalue weighted by Crippen LogP contribution is 2.28. The molecule has 0 saturated carbocycles. The van der Waals surface area contributed by atoms with Gasteiger partial charge in [0.05, 0.1) is 17.9 Å². The van der Waals surface area contributed by atoms with E-state index in [0.29, 0.717) is 12.2 Å². The third kappa shape index (κ3) is 2.68. The number of hydrogen-bond donors (Lipinski definition) is 0. The first-order valence-electron chi connectivity index (χ1n) is 6.62. The first-order chi connectivity index (χ1) is 9.25. The van der Waals surface area contributed by atoms with E-state index in [4.69, 9.17) is 9.72 Å². The summed E-state index contributed by atoms with van der Waals surface area (Å²) in [4.78, 5) is 16.6. The van der Waals surface area contributed by atoms with E-state index in [1.807, 2.05) is 13.0 Å². The summed E-state index contributed by atoms with van der Waals surface area (Å²) in [5, 5.41) is 0. The lowest BCUT2D eigenvalue weighted by molar-refractivity contribution is 0.0526. The van der Waals surface area contributed by atoms with Gasteiger partial charge in [0.15, 0.2) is 0 Å². The fraction of sp³-hybridized carbons (Fsp3) is 0.467. The second kappa shape index (κ2) is 5.35. The first-order valence-corrected chi connectivity index (χ1v) is 7.69. The second-order valence-corrected chi connectivity index (χ2v) is 6.82. The van der Waals surface area contributed by atoms with Crippen LogP contribution in [0.15, 0.2) is 12.1 Å². The van der Waals surface area contributed by atoms with Crippen molar-refractivity contribution in [1.29, 1.82) is 0 Å². The molecule has 0 aliphatic heterocycles. The van der Waals surface area contributed by atoms with Crippen molar-refractivity contribution in [3.05, 3.63) is 32.8 Å². The van der Waals surface area contributed by atoms with Crippen LogP contribution in [0.2, 0.25) is 0 Å². The zero-order valence-electron chi connectivity index (χ0n) is 12.5. The van der Waals surface area contributed by atoms with Crippen molar-refractivity contribution >= 4 is 34.2 Å². The Morgan fingerprint density at radius 3 is 2.60 bits per heavy atom. The number of esters is 1. The fourth-order valence-electron chi connectivity index (χ4n) is 2.13. The molecule has 0 N–H and O–H groups in total. The van der Waals surface area contributed by atoms with Crippen molar-refractivity contribution < 1.29 is 9.53 Å². The Morgan fingerprint density at radius 2 is 2.05 bits per heavy atom. The van der Waals surface area contributed by atoms with E-state index in [2.05, 4.69) is 47.8 Å². The van der Waals surface area contributed by atoms with Crippen molar-refractivity contribution in [2.75, 3.05) is 6.61 Å². The van der Waals surface area contributed by atoms with Gasteiger partial charge in [-0.25, -0.2) is 9.78 Å². The molecule has 5 heteroatoms. The van der Waals surface area contributed by atoms with Crippen LogP contribution in [0.4, 0.5) is 0 Å². The second-order valence-electron chi connectivity index (χ2n) is 5.80. The molecule has 2 rings (SSSR count). The summed E-state index contributed by atoms with van der Waals surface area (Å²) < 4.78 is 8.23. The quantitative estimate of drug-likeness (QED) is 0.584. The van der Waals surface area contributed by atoms with E-state index in [1.54, 1.807) is 13.0 Å². The lowest BCUT2D eigenvalue weighted by Crippen LogP contribution is -2.13. The van der Waals surface area contributed by atoms with Crippen LogP contribution < -0.4 is 0 Å². The minimum absolute atomic E-state index is 0.0287.